The summed E-state index contributed by atoms with van der Waals surface area (Å²) in [5.74, 6) is 0. The molecule has 1 heterocycles. The van der Waals surface area contributed by atoms with E-state index in [-0.39, 0.29) is 0 Å². The Labute approximate surface area is 97.6 Å². The molecule has 1 fully saturated rings. The van der Waals surface area contributed by atoms with Gasteiger partial charge in [0.1, 0.15) is 0 Å². The molecule has 0 radical (unpaired) electrons. The number of anilines is 1. The lowest BCUT2D eigenvalue weighted by atomic mass is 10.0. The van der Waals surface area contributed by atoms with Crippen molar-refractivity contribution in [2.75, 3.05) is 31.9 Å². The van der Waals surface area contributed by atoms with Crippen molar-refractivity contribution in [3.8, 4) is 0 Å². The van der Waals surface area contributed by atoms with Gasteiger partial charge in [0, 0.05) is 38.4 Å². The van der Waals surface area contributed by atoms with E-state index in [2.05, 4.69) is 36.2 Å². The van der Waals surface area contributed by atoms with Crippen LogP contribution < -0.4 is 11.1 Å². The number of hydrogen-bond donors (Lipinski definition) is 2. The van der Waals surface area contributed by atoms with E-state index < -0.39 is 0 Å². The second kappa shape index (κ2) is 4.85. The van der Waals surface area contributed by atoms with Gasteiger partial charge in [-0.3, -0.25) is 4.90 Å². The minimum absolute atomic E-state index is 0.971. The molecule has 0 aromatic heterocycles. The molecule has 0 aliphatic carbocycles. The van der Waals surface area contributed by atoms with Crippen LogP contribution in [-0.2, 0) is 6.54 Å². The Kier molecular flexibility index (Phi) is 3.46. The fraction of sp³-hybridized carbons (Fsp3) is 0.538. The Bertz CT molecular complexity index is 368. The smallest absolute Gasteiger partial charge is 0.0392 e. The summed E-state index contributed by atoms with van der Waals surface area (Å²) in [4.78, 5) is 2.46. The van der Waals surface area contributed by atoms with Crippen molar-refractivity contribution in [3.05, 3.63) is 28.8 Å². The number of piperazine rings is 1. The highest BCUT2D eigenvalue weighted by molar-refractivity contribution is 5.56. The molecule has 88 valence electrons. The fourth-order valence-corrected chi connectivity index (χ4v) is 2.14. The van der Waals surface area contributed by atoms with Gasteiger partial charge >= 0.3 is 0 Å². The molecule has 1 aromatic carbocycles. The summed E-state index contributed by atoms with van der Waals surface area (Å²) in [5, 5.41) is 3.36. The maximum atomic E-state index is 6.16. The van der Waals surface area contributed by atoms with Gasteiger partial charge in [0.2, 0.25) is 0 Å². The molecule has 16 heavy (non-hydrogen) atoms. The Morgan fingerprint density at radius 3 is 2.62 bits per heavy atom. The molecule has 0 bridgehead atoms. The van der Waals surface area contributed by atoms with Crippen LogP contribution in [0.2, 0.25) is 0 Å². The fourth-order valence-electron chi connectivity index (χ4n) is 2.14. The predicted molar refractivity (Wildman–Crippen MR) is 68.5 cm³/mol. The van der Waals surface area contributed by atoms with Crippen molar-refractivity contribution in [2.45, 2.75) is 20.4 Å². The minimum Gasteiger partial charge on any atom is -0.398 e. The second-order valence-corrected chi connectivity index (χ2v) is 4.61. The van der Waals surface area contributed by atoms with Crippen molar-refractivity contribution in [1.29, 1.82) is 0 Å². The monoisotopic (exact) mass is 219 g/mol. The molecular weight excluding hydrogens is 198 g/mol. The van der Waals surface area contributed by atoms with E-state index in [4.69, 9.17) is 5.73 Å². The van der Waals surface area contributed by atoms with Gasteiger partial charge in [-0.25, -0.2) is 0 Å². The maximum Gasteiger partial charge on any atom is 0.0392 e. The number of benzene rings is 1. The van der Waals surface area contributed by atoms with E-state index in [1.165, 1.54) is 16.7 Å². The SMILES string of the molecule is Cc1ccc(CN2CCNCC2)c(N)c1C. The lowest BCUT2D eigenvalue weighted by molar-refractivity contribution is 0.233. The third-order valence-corrected chi connectivity index (χ3v) is 3.48. The third kappa shape index (κ3) is 2.36. The number of hydrogen-bond acceptors (Lipinski definition) is 3. The van der Waals surface area contributed by atoms with Crippen molar-refractivity contribution in [2.24, 2.45) is 0 Å². The zero-order valence-corrected chi connectivity index (χ0v) is 10.2. The Morgan fingerprint density at radius 1 is 1.25 bits per heavy atom. The number of rotatable bonds is 2. The largest absolute Gasteiger partial charge is 0.398 e. The van der Waals surface area contributed by atoms with E-state index in [9.17, 15) is 0 Å². The predicted octanol–water partition coefficient (Wildman–Crippen LogP) is 1.29. The first kappa shape index (κ1) is 11.4. The quantitative estimate of drug-likeness (QED) is 0.737. The zero-order valence-electron chi connectivity index (χ0n) is 10.2. The molecule has 1 aliphatic heterocycles. The molecule has 0 spiro atoms. The first-order valence-corrected chi connectivity index (χ1v) is 5.96. The molecule has 3 N–H and O–H groups in total. The lowest BCUT2D eigenvalue weighted by Crippen LogP contribution is -2.43. The van der Waals surface area contributed by atoms with Gasteiger partial charge in [0.15, 0.2) is 0 Å². The topological polar surface area (TPSA) is 41.3 Å². The summed E-state index contributed by atoms with van der Waals surface area (Å²) in [5.41, 5.74) is 10.9. The van der Waals surface area contributed by atoms with E-state index in [0.717, 1.165) is 38.4 Å². The third-order valence-electron chi connectivity index (χ3n) is 3.48. The van der Waals surface area contributed by atoms with Crippen LogP contribution in [0.5, 0.6) is 0 Å². The Balaban J connectivity index is 2.11. The van der Waals surface area contributed by atoms with Crippen molar-refractivity contribution >= 4 is 5.69 Å². The van der Waals surface area contributed by atoms with Crippen LogP contribution in [0.3, 0.4) is 0 Å². The van der Waals surface area contributed by atoms with Crippen LogP contribution in [0.25, 0.3) is 0 Å². The van der Waals surface area contributed by atoms with Gasteiger partial charge in [-0.15, -0.1) is 0 Å². The summed E-state index contributed by atoms with van der Waals surface area (Å²) in [6.45, 7) is 9.61. The molecule has 3 nitrogen and oxygen atoms in total. The lowest BCUT2D eigenvalue weighted by Gasteiger charge is -2.28. The van der Waals surface area contributed by atoms with E-state index in [0.29, 0.717) is 0 Å². The molecular formula is C13H21N3. The normalized spacial score (nSPS) is 17.6. The van der Waals surface area contributed by atoms with Crippen LogP contribution in [0, 0.1) is 13.8 Å². The number of aryl methyl sites for hydroxylation is 1. The summed E-state index contributed by atoms with van der Waals surface area (Å²) in [6.07, 6.45) is 0. The first-order valence-electron chi connectivity index (χ1n) is 5.96. The molecule has 1 aliphatic rings. The molecule has 3 heteroatoms. The van der Waals surface area contributed by atoms with Gasteiger partial charge in [0.05, 0.1) is 0 Å². The molecule has 0 amide bonds. The summed E-state index contributed by atoms with van der Waals surface area (Å²) < 4.78 is 0. The van der Waals surface area contributed by atoms with Crippen LogP contribution in [0.1, 0.15) is 16.7 Å². The highest BCUT2D eigenvalue weighted by Gasteiger charge is 2.12. The van der Waals surface area contributed by atoms with Crippen LogP contribution in [0.4, 0.5) is 5.69 Å². The van der Waals surface area contributed by atoms with Crippen molar-refractivity contribution in [3.63, 3.8) is 0 Å². The molecule has 0 atom stereocenters. The summed E-state index contributed by atoms with van der Waals surface area (Å²) in [7, 11) is 0. The highest BCUT2D eigenvalue weighted by atomic mass is 15.2. The minimum atomic E-state index is 0.971. The highest BCUT2D eigenvalue weighted by Crippen LogP contribution is 2.21. The Morgan fingerprint density at radius 2 is 1.94 bits per heavy atom. The first-order chi connectivity index (χ1) is 7.68. The van der Waals surface area contributed by atoms with Crippen LogP contribution in [-0.4, -0.2) is 31.1 Å². The number of nitrogen functional groups attached to an aromatic ring is 1. The summed E-state index contributed by atoms with van der Waals surface area (Å²) >= 11 is 0. The number of nitrogens with one attached hydrogen (secondary N) is 1. The van der Waals surface area contributed by atoms with E-state index in [1.807, 2.05) is 0 Å². The maximum absolute atomic E-state index is 6.16. The zero-order chi connectivity index (χ0) is 11.5. The molecule has 1 saturated heterocycles. The van der Waals surface area contributed by atoms with Gasteiger partial charge in [-0.2, -0.15) is 0 Å². The molecule has 0 saturated carbocycles. The molecule has 0 unspecified atom stereocenters. The average Bonchev–Trinajstić information content (AvgIpc) is 2.31. The van der Waals surface area contributed by atoms with Crippen molar-refractivity contribution in [1.82, 2.24) is 10.2 Å². The number of nitrogens with zero attached hydrogens (tertiary/aromatic N) is 1. The van der Waals surface area contributed by atoms with Crippen molar-refractivity contribution < 1.29 is 0 Å². The van der Waals surface area contributed by atoms with Gasteiger partial charge in [-0.05, 0) is 30.5 Å². The van der Waals surface area contributed by atoms with Gasteiger partial charge in [-0.1, -0.05) is 12.1 Å². The van der Waals surface area contributed by atoms with Gasteiger partial charge < -0.3 is 11.1 Å². The van der Waals surface area contributed by atoms with Gasteiger partial charge in [0.25, 0.3) is 0 Å². The molecule has 1 aromatic rings. The number of nitrogens with two attached hydrogens (primary N) is 1. The Hall–Kier alpha value is -1.06. The second-order valence-electron chi connectivity index (χ2n) is 4.61. The van der Waals surface area contributed by atoms with E-state index >= 15 is 0 Å². The van der Waals surface area contributed by atoms with Crippen LogP contribution in [0.15, 0.2) is 12.1 Å². The molecule has 2 rings (SSSR count). The standard InChI is InChI=1S/C13H21N3/c1-10-3-4-12(13(14)11(10)2)9-16-7-5-15-6-8-16/h3-4,15H,5-9,14H2,1-2H3. The average molecular weight is 219 g/mol. The summed E-state index contributed by atoms with van der Waals surface area (Å²) in [6, 6.07) is 4.34. The van der Waals surface area contributed by atoms with E-state index in [1.54, 1.807) is 0 Å². The van der Waals surface area contributed by atoms with Crippen LogP contribution >= 0.6 is 0 Å².